The Balaban J connectivity index is 2.82. The van der Waals surface area contributed by atoms with Gasteiger partial charge in [-0.3, -0.25) is 9.59 Å². The second kappa shape index (κ2) is 5.89. The number of amides is 1. The summed E-state index contributed by atoms with van der Waals surface area (Å²) in [5.74, 6) is -0.765. The summed E-state index contributed by atoms with van der Waals surface area (Å²) in [6.45, 7) is 2.06. The lowest BCUT2D eigenvalue weighted by Crippen LogP contribution is -2.35. The van der Waals surface area contributed by atoms with Crippen LogP contribution in [0.25, 0.3) is 0 Å². The van der Waals surface area contributed by atoms with Crippen molar-refractivity contribution in [1.29, 1.82) is 0 Å². The smallest absolute Gasteiger partial charge is 0.325 e. The van der Waals surface area contributed by atoms with Crippen molar-refractivity contribution in [2.45, 2.75) is 6.92 Å². The molecule has 1 aromatic carbocycles. The van der Waals surface area contributed by atoms with Crippen LogP contribution in [0.1, 0.15) is 17.3 Å². The van der Waals surface area contributed by atoms with Gasteiger partial charge in [0.1, 0.15) is 12.3 Å². The Morgan fingerprint density at radius 3 is 2.65 bits per heavy atom. The lowest BCUT2D eigenvalue weighted by atomic mass is 10.2. The Morgan fingerprint density at radius 1 is 1.41 bits per heavy atom. The van der Waals surface area contributed by atoms with Crippen LogP contribution in [-0.2, 0) is 9.53 Å². The molecule has 0 atom stereocenters. The fraction of sp³-hybridized carbons (Fsp3) is 0.333. The van der Waals surface area contributed by atoms with E-state index in [4.69, 9.17) is 0 Å². The van der Waals surface area contributed by atoms with Gasteiger partial charge < -0.3 is 14.7 Å². The first-order chi connectivity index (χ1) is 8.08. The molecule has 17 heavy (non-hydrogen) atoms. The number of carbonyl (C=O) groups is 2. The predicted octanol–water partition coefficient (Wildman–Crippen LogP) is 1.03. The van der Waals surface area contributed by atoms with E-state index < -0.39 is 5.97 Å². The number of benzene rings is 1. The highest BCUT2D eigenvalue weighted by molar-refractivity contribution is 5.96. The van der Waals surface area contributed by atoms with Crippen molar-refractivity contribution in [2.75, 3.05) is 20.2 Å². The summed E-state index contributed by atoms with van der Waals surface area (Å²) in [4.78, 5) is 24.5. The molecule has 0 spiro atoms. The maximum absolute atomic E-state index is 12.0. The molecule has 1 rings (SSSR count). The van der Waals surface area contributed by atoms with Gasteiger partial charge in [-0.25, -0.2) is 0 Å². The Hall–Kier alpha value is -2.04. The molecule has 1 N–H and O–H groups in total. The number of nitrogens with zero attached hydrogens (tertiary/aromatic N) is 1. The van der Waals surface area contributed by atoms with Crippen LogP contribution in [0.5, 0.6) is 5.75 Å². The van der Waals surface area contributed by atoms with E-state index in [9.17, 15) is 14.7 Å². The van der Waals surface area contributed by atoms with Crippen LogP contribution in [0, 0.1) is 0 Å². The lowest BCUT2D eigenvalue weighted by molar-refractivity contribution is -0.141. The maximum Gasteiger partial charge on any atom is 0.325 e. The number of carbonyl (C=O) groups excluding carboxylic acids is 2. The average Bonchev–Trinajstić information content (AvgIpc) is 2.34. The third kappa shape index (κ3) is 3.48. The lowest BCUT2D eigenvalue weighted by Gasteiger charge is -2.19. The minimum absolute atomic E-state index is 0.0185. The first kappa shape index (κ1) is 13.0. The van der Waals surface area contributed by atoms with Crippen LogP contribution >= 0.6 is 0 Å². The van der Waals surface area contributed by atoms with Crippen molar-refractivity contribution in [3.63, 3.8) is 0 Å². The van der Waals surface area contributed by atoms with Crippen molar-refractivity contribution in [3.05, 3.63) is 29.8 Å². The molecule has 0 saturated heterocycles. The van der Waals surface area contributed by atoms with Gasteiger partial charge in [0.05, 0.1) is 7.11 Å². The third-order valence-electron chi connectivity index (χ3n) is 2.31. The molecular formula is C12H15NO4. The van der Waals surface area contributed by atoms with Gasteiger partial charge in [0.25, 0.3) is 5.91 Å². The fourth-order valence-electron chi connectivity index (χ4n) is 1.37. The van der Waals surface area contributed by atoms with Gasteiger partial charge in [-0.2, -0.15) is 0 Å². The molecule has 92 valence electrons. The zero-order valence-corrected chi connectivity index (χ0v) is 9.84. The van der Waals surface area contributed by atoms with E-state index in [0.29, 0.717) is 12.1 Å². The second-order valence-corrected chi connectivity index (χ2v) is 3.45. The van der Waals surface area contributed by atoms with E-state index in [-0.39, 0.29) is 18.2 Å². The molecule has 0 aromatic heterocycles. The molecule has 5 nitrogen and oxygen atoms in total. The highest BCUT2D eigenvalue weighted by Gasteiger charge is 2.17. The largest absolute Gasteiger partial charge is 0.508 e. The highest BCUT2D eigenvalue weighted by atomic mass is 16.5. The Kier molecular flexibility index (Phi) is 4.51. The van der Waals surface area contributed by atoms with Gasteiger partial charge >= 0.3 is 5.97 Å². The number of hydrogen-bond acceptors (Lipinski definition) is 4. The van der Waals surface area contributed by atoms with Gasteiger partial charge in [0.2, 0.25) is 0 Å². The predicted molar refractivity (Wildman–Crippen MR) is 61.7 cm³/mol. The molecule has 0 saturated carbocycles. The quantitative estimate of drug-likeness (QED) is 0.794. The van der Waals surface area contributed by atoms with E-state index >= 15 is 0 Å². The molecule has 5 heteroatoms. The average molecular weight is 237 g/mol. The maximum atomic E-state index is 12.0. The zero-order valence-electron chi connectivity index (χ0n) is 9.84. The summed E-state index contributed by atoms with van der Waals surface area (Å²) >= 11 is 0. The standard InChI is InChI=1S/C12H15NO4/c1-3-13(8-11(15)17-2)12(16)9-5-4-6-10(14)7-9/h4-7,14H,3,8H2,1-2H3. The highest BCUT2D eigenvalue weighted by Crippen LogP contribution is 2.13. The zero-order chi connectivity index (χ0) is 12.8. The van der Waals surface area contributed by atoms with E-state index in [0.717, 1.165) is 0 Å². The number of rotatable bonds is 4. The summed E-state index contributed by atoms with van der Waals surface area (Å²) < 4.78 is 4.51. The number of phenols is 1. The minimum Gasteiger partial charge on any atom is -0.508 e. The third-order valence-corrected chi connectivity index (χ3v) is 2.31. The minimum atomic E-state index is -0.472. The fourth-order valence-corrected chi connectivity index (χ4v) is 1.37. The first-order valence-corrected chi connectivity index (χ1v) is 5.23. The van der Waals surface area contributed by atoms with Gasteiger partial charge in [-0.05, 0) is 25.1 Å². The van der Waals surface area contributed by atoms with E-state index in [1.165, 1.54) is 24.1 Å². The summed E-state index contributed by atoms with van der Waals surface area (Å²) in [5.41, 5.74) is 0.343. The van der Waals surface area contributed by atoms with Crippen LogP contribution in [0.3, 0.4) is 0 Å². The van der Waals surface area contributed by atoms with Crippen LogP contribution in [0.15, 0.2) is 24.3 Å². The summed E-state index contributed by atoms with van der Waals surface area (Å²) in [6, 6.07) is 6.01. The van der Waals surface area contributed by atoms with E-state index in [1.54, 1.807) is 19.1 Å². The molecule has 0 radical (unpaired) electrons. The molecule has 0 fully saturated rings. The number of likely N-dealkylation sites (N-methyl/N-ethyl adjacent to an activating group) is 1. The van der Waals surface area contributed by atoms with Crippen molar-refractivity contribution in [1.82, 2.24) is 4.90 Å². The van der Waals surface area contributed by atoms with Crippen LogP contribution in [0.2, 0.25) is 0 Å². The topological polar surface area (TPSA) is 66.8 Å². The van der Waals surface area contributed by atoms with Gasteiger partial charge in [0, 0.05) is 12.1 Å². The number of hydrogen-bond donors (Lipinski definition) is 1. The Morgan fingerprint density at radius 2 is 2.12 bits per heavy atom. The SMILES string of the molecule is CCN(CC(=O)OC)C(=O)c1cccc(O)c1. The molecule has 0 aliphatic carbocycles. The Bertz CT molecular complexity index is 417. The molecule has 0 unspecified atom stereocenters. The number of aromatic hydroxyl groups is 1. The normalized spacial score (nSPS) is 9.76. The Labute approximate surface area is 99.6 Å². The number of phenolic OH excluding ortho intramolecular Hbond substituents is 1. The van der Waals surface area contributed by atoms with Gasteiger partial charge in [0.15, 0.2) is 0 Å². The van der Waals surface area contributed by atoms with Crippen molar-refractivity contribution < 1.29 is 19.4 Å². The molecule has 0 bridgehead atoms. The van der Waals surface area contributed by atoms with Gasteiger partial charge in [-0.15, -0.1) is 0 Å². The van der Waals surface area contributed by atoms with E-state index in [2.05, 4.69) is 4.74 Å². The van der Waals surface area contributed by atoms with Gasteiger partial charge in [-0.1, -0.05) is 6.07 Å². The van der Waals surface area contributed by atoms with Crippen molar-refractivity contribution in [2.24, 2.45) is 0 Å². The second-order valence-electron chi connectivity index (χ2n) is 3.45. The number of methoxy groups -OCH3 is 1. The molecule has 0 aliphatic rings. The molecule has 0 heterocycles. The van der Waals surface area contributed by atoms with Crippen molar-refractivity contribution in [3.8, 4) is 5.75 Å². The molecular weight excluding hydrogens is 222 g/mol. The first-order valence-electron chi connectivity index (χ1n) is 5.23. The van der Waals surface area contributed by atoms with Crippen LogP contribution in [0.4, 0.5) is 0 Å². The number of esters is 1. The molecule has 1 amide bonds. The molecule has 0 aliphatic heterocycles. The van der Waals surface area contributed by atoms with Crippen LogP contribution in [-0.4, -0.2) is 42.1 Å². The van der Waals surface area contributed by atoms with E-state index in [1.807, 2.05) is 0 Å². The summed E-state index contributed by atoms with van der Waals surface area (Å²) in [5, 5.41) is 9.28. The van der Waals surface area contributed by atoms with Crippen LogP contribution < -0.4 is 0 Å². The number of ether oxygens (including phenoxy) is 1. The summed E-state index contributed by atoms with van der Waals surface area (Å²) in [6.07, 6.45) is 0. The summed E-state index contributed by atoms with van der Waals surface area (Å²) in [7, 11) is 1.27. The monoisotopic (exact) mass is 237 g/mol. The molecule has 1 aromatic rings. The van der Waals surface area contributed by atoms with Crippen molar-refractivity contribution >= 4 is 11.9 Å².